The van der Waals surface area contributed by atoms with Crippen molar-refractivity contribution in [1.29, 1.82) is 0 Å². The highest BCUT2D eigenvalue weighted by molar-refractivity contribution is 5.43. The fourth-order valence-corrected chi connectivity index (χ4v) is 2.72. The first kappa shape index (κ1) is 18.2. The van der Waals surface area contributed by atoms with Crippen molar-refractivity contribution < 1.29 is 0 Å². The van der Waals surface area contributed by atoms with Gasteiger partial charge in [0.25, 0.3) is 0 Å². The molecule has 5 nitrogen and oxygen atoms in total. The van der Waals surface area contributed by atoms with E-state index in [1.54, 1.807) is 6.20 Å². The molecule has 0 aliphatic carbocycles. The monoisotopic (exact) mass is 327 g/mol. The minimum atomic E-state index is 0.334. The Balaban J connectivity index is 2.25. The number of hydrogen-bond donors (Lipinski definition) is 0. The van der Waals surface area contributed by atoms with Crippen LogP contribution < -0.4 is 9.80 Å². The fourth-order valence-electron chi connectivity index (χ4n) is 2.72. The van der Waals surface area contributed by atoms with Crippen molar-refractivity contribution in [2.24, 2.45) is 0 Å². The molecule has 0 radical (unpaired) electrons. The number of nitrogens with zero attached hydrogens (tertiary/aromatic N) is 5. The molecule has 130 valence electrons. The van der Waals surface area contributed by atoms with Gasteiger partial charge in [-0.1, -0.05) is 44.2 Å². The van der Waals surface area contributed by atoms with Gasteiger partial charge in [0.05, 0.1) is 6.20 Å². The minimum Gasteiger partial charge on any atom is -0.348 e. The zero-order chi connectivity index (χ0) is 17.4. The van der Waals surface area contributed by atoms with Gasteiger partial charge in [0.15, 0.2) is 5.82 Å². The number of anilines is 2. The number of rotatable bonds is 9. The van der Waals surface area contributed by atoms with Crippen molar-refractivity contribution in [1.82, 2.24) is 15.2 Å². The smallest absolute Gasteiger partial charge is 0.247 e. The van der Waals surface area contributed by atoms with Crippen LogP contribution in [0.1, 0.15) is 46.1 Å². The first-order chi connectivity index (χ1) is 11.7. The van der Waals surface area contributed by atoms with Gasteiger partial charge >= 0.3 is 0 Å². The second-order valence-electron chi connectivity index (χ2n) is 6.31. The predicted octanol–water partition coefficient (Wildman–Crippen LogP) is 3.91. The van der Waals surface area contributed by atoms with Crippen LogP contribution in [0.5, 0.6) is 0 Å². The third kappa shape index (κ3) is 4.91. The summed E-state index contributed by atoms with van der Waals surface area (Å²) in [4.78, 5) is 9.29. The molecule has 2 rings (SSSR count). The molecule has 0 N–H and O–H groups in total. The first-order valence-electron chi connectivity index (χ1n) is 8.90. The van der Waals surface area contributed by atoms with Crippen molar-refractivity contribution in [2.75, 3.05) is 22.9 Å². The van der Waals surface area contributed by atoms with Crippen molar-refractivity contribution in [3.05, 3.63) is 42.1 Å². The summed E-state index contributed by atoms with van der Waals surface area (Å²) in [7, 11) is 0. The molecule has 0 spiro atoms. The van der Waals surface area contributed by atoms with Gasteiger partial charge in [-0.05, 0) is 32.3 Å². The molecule has 1 aromatic heterocycles. The lowest BCUT2D eigenvalue weighted by molar-refractivity contribution is 0.658. The Morgan fingerprint density at radius 3 is 2.25 bits per heavy atom. The summed E-state index contributed by atoms with van der Waals surface area (Å²) in [6.07, 6.45) is 3.92. The van der Waals surface area contributed by atoms with Gasteiger partial charge in [-0.2, -0.15) is 10.1 Å². The van der Waals surface area contributed by atoms with E-state index in [1.165, 1.54) is 5.56 Å². The fraction of sp³-hybridized carbons (Fsp3) is 0.526. The molecule has 0 aliphatic heterocycles. The van der Waals surface area contributed by atoms with Crippen molar-refractivity contribution >= 4 is 11.8 Å². The maximum absolute atomic E-state index is 4.81. The van der Waals surface area contributed by atoms with E-state index in [-0.39, 0.29) is 0 Å². The van der Waals surface area contributed by atoms with Gasteiger partial charge in [-0.3, -0.25) is 0 Å². The number of benzene rings is 1. The molecule has 1 heterocycles. The van der Waals surface area contributed by atoms with E-state index in [0.717, 1.165) is 44.2 Å². The Morgan fingerprint density at radius 2 is 1.67 bits per heavy atom. The number of hydrogen-bond acceptors (Lipinski definition) is 5. The van der Waals surface area contributed by atoms with Crippen LogP contribution in [0.15, 0.2) is 36.5 Å². The summed E-state index contributed by atoms with van der Waals surface area (Å²) in [6.45, 7) is 11.4. The van der Waals surface area contributed by atoms with E-state index in [0.29, 0.717) is 6.04 Å². The van der Waals surface area contributed by atoms with Crippen molar-refractivity contribution in [2.45, 2.75) is 53.1 Å². The molecule has 0 saturated heterocycles. The molecule has 0 aliphatic rings. The molecule has 2 aromatic rings. The van der Waals surface area contributed by atoms with E-state index in [9.17, 15) is 0 Å². The van der Waals surface area contributed by atoms with Crippen LogP contribution in [-0.4, -0.2) is 34.3 Å². The summed E-state index contributed by atoms with van der Waals surface area (Å²) in [5.74, 6) is 1.62. The zero-order valence-corrected chi connectivity index (χ0v) is 15.3. The van der Waals surface area contributed by atoms with Crippen molar-refractivity contribution in [3.63, 3.8) is 0 Å². The second-order valence-corrected chi connectivity index (χ2v) is 6.31. The topological polar surface area (TPSA) is 45.2 Å². The van der Waals surface area contributed by atoms with Crippen LogP contribution in [0, 0.1) is 0 Å². The Kier molecular flexibility index (Phi) is 6.97. The third-order valence-corrected chi connectivity index (χ3v) is 3.92. The normalized spacial score (nSPS) is 10.9. The SMILES string of the molecule is CCCN(CCC)c1nncc(N(Cc2ccccc2)C(C)C)n1. The van der Waals surface area contributed by atoms with E-state index in [2.05, 4.69) is 72.0 Å². The van der Waals surface area contributed by atoms with Gasteiger partial charge in [0.1, 0.15) is 0 Å². The maximum Gasteiger partial charge on any atom is 0.247 e. The molecule has 1 aromatic carbocycles. The second kappa shape index (κ2) is 9.21. The summed E-state index contributed by atoms with van der Waals surface area (Å²) < 4.78 is 0. The van der Waals surface area contributed by atoms with Gasteiger partial charge in [-0.15, -0.1) is 5.10 Å². The highest BCUT2D eigenvalue weighted by Crippen LogP contribution is 2.19. The molecular formula is C19H29N5. The molecule has 24 heavy (non-hydrogen) atoms. The van der Waals surface area contributed by atoms with Crippen LogP contribution >= 0.6 is 0 Å². The molecule has 0 saturated carbocycles. The quantitative estimate of drug-likeness (QED) is 0.698. The Hall–Kier alpha value is -2.17. The predicted molar refractivity (Wildman–Crippen MR) is 100 cm³/mol. The van der Waals surface area contributed by atoms with Crippen molar-refractivity contribution in [3.8, 4) is 0 Å². The lowest BCUT2D eigenvalue weighted by atomic mass is 10.2. The average Bonchev–Trinajstić information content (AvgIpc) is 2.60. The van der Waals surface area contributed by atoms with Crippen LogP contribution in [0.4, 0.5) is 11.8 Å². The highest BCUT2D eigenvalue weighted by Gasteiger charge is 2.16. The molecule has 0 unspecified atom stereocenters. The Bertz CT molecular complexity index is 594. The summed E-state index contributed by atoms with van der Waals surface area (Å²) in [5.41, 5.74) is 1.27. The van der Waals surface area contributed by atoms with Gasteiger partial charge in [0.2, 0.25) is 5.95 Å². The average molecular weight is 327 g/mol. The molecule has 0 atom stereocenters. The zero-order valence-electron chi connectivity index (χ0n) is 15.3. The van der Waals surface area contributed by atoms with Crippen LogP contribution in [0.3, 0.4) is 0 Å². The van der Waals surface area contributed by atoms with Gasteiger partial charge in [0, 0.05) is 25.7 Å². The van der Waals surface area contributed by atoms with Crippen LogP contribution in [-0.2, 0) is 6.54 Å². The third-order valence-electron chi connectivity index (χ3n) is 3.92. The van der Waals surface area contributed by atoms with Crippen LogP contribution in [0.25, 0.3) is 0 Å². The van der Waals surface area contributed by atoms with E-state index < -0.39 is 0 Å². The molecule has 0 fully saturated rings. The summed E-state index contributed by atoms with van der Waals surface area (Å²) >= 11 is 0. The lowest BCUT2D eigenvalue weighted by Crippen LogP contribution is -2.33. The van der Waals surface area contributed by atoms with E-state index >= 15 is 0 Å². The lowest BCUT2D eigenvalue weighted by Gasteiger charge is -2.29. The van der Waals surface area contributed by atoms with E-state index in [1.807, 2.05) is 6.07 Å². The molecule has 5 heteroatoms. The first-order valence-corrected chi connectivity index (χ1v) is 8.90. The van der Waals surface area contributed by atoms with Crippen LogP contribution in [0.2, 0.25) is 0 Å². The Morgan fingerprint density at radius 1 is 1.00 bits per heavy atom. The molecular weight excluding hydrogens is 298 g/mol. The summed E-state index contributed by atoms with van der Waals surface area (Å²) in [5, 5.41) is 8.48. The van der Waals surface area contributed by atoms with Gasteiger partial charge in [-0.25, -0.2) is 0 Å². The maximum atomic E-state index is 4.81. The summed E-state index contributed by atoms with van der Waals surface area (Å²) in [6, 6.07) is 10.8. The minimum absolute atomic E-state index is 0.334. The molecule has 0 amide bonds. The van der Waals surface area contributed by atoms with E-state index in [4.69, 9.17) is 4.98 Å². The standard InChI is InChI=1S/C19H29N5/c1-5-12-23(13-6-2)19-21-18(14-20-22-19)24(16(3)4)15-17-10-8-7-9-11-17/h7-11,14,16H,5-6,12-13,15H2,1-4H3. The molecule has 0 bridgehead atoms. The number of aromatic nitrogens is 3. The Labute approximate surface area is 145 Å². The largest absolute Gasteiger partial charge is 0.348 e. The van der Waals surface area contributed by atoms with Gasteiger partial charge < -0.3 is 9.80 Å². The highest BCUT2D eigenvalue weighted by atomic mass is 15.3.